The molecule has 2 atom stereocenters. The van der Waals surface area contributed by atoms with Crippen LogP contribution in [0.4, 0.5) is 8.78 Å². The van der Waals surface area contributed by atoms with Crippen molar-refractivity contribution in [1.29, 1.82) is 0 Å². The van der Waals surface area contributed by atoms with E-state index in [0.717, 1.165) is 24.8 Å². The predicted molar refractivity (Wildman–Crippen MR) is 135 cm³/mol. The molecular formula is C27H33F2N7O2. The van der Waals surface area contributed by atoms with Gasteiger partial charge in [0.25, 0.3) is 5.91 Å². The summed E-state index contributed by atoms with van der Waals surface area (Å²) < 4.78 is 29.5. The van der Waals surface area contributed by atoms with Gasteiger partial charge >= 0.3 is 0 Å². The summed E-state index contributed by atoms with van der Waals surface area (Å²) in [6.07, 6.45) is 8.36. The average Bonchev–Trinajstić information content (AvgIpc) is 3.64. The SMILES string of the molecule is CCCC(=O)N[C@@H](c1cnn2cc([C@@H](NC(=O)c3nccc(C)n3)C3CCC(F)(F)CC3)nc2c1)C1CC1. The van der Waals surface area contributed by atoms with E-state index < -0.39 is 17.9 Å². The van der Waals surface area contributed by atoms with E-state index in [1.165, 1.54) is 6.20 Å². The molecule has 2 aliphatic rings. The minimum absolute atomic E-state index is 0.0172. The number of rotatable bonds is 9. The Morgan fingerprint density at radius 3 is 2.53 bits per heavy atom. The molecule has 2 fully saturated rings. The largest absolute Gasteiger partial charge is 0.349 e. The van der Waals surface area contributed by atoms with Gasteiger partial charge in [-0.2, -0.15) is 5.10 Å². The van der Waals surface area contributed by atoms with Crippen LogP contribution in [0.2, 0.25) is 0 Å². The van der Waals surface area contributed by atoms with Gasteiger partial charge in [0.2, 0.25) is 17.7 Å². The van der Waals surface area contributed by atoms with Gasteiger partial charge in [0.1, 0.15) is 0 Å². The number of carbonyl (C=O) groups excluding carboxylic acids is 2. The van der Waals surface area contributed by atoms with Gasteiger partial charge in [-0.05, 0) is 68.6 Å². The second-order valence-electron chi connectivity index (χ2n) is 10.6. The van der Waals surface area contributed by atoms with Gasteiger partial charge in [-0.25, -0.2) is 28.2 Å². The van der Waals surface area contributed by atoms with Crippen LogP contribution in [0.25, 0.3) is 5.65 Å². The first-order valence-electron chi connectivity index (χ1n) is 13.4. The summed E-state index contributed by atoms with van der Waals surface area (Å²) >= 11 is 0. The van der Waals surface area contributed by atoms with Crippen LogP contribution in [-0.4, -0.2) is 42.3 Å². The number of halogens is 2. The fourth-order valence-corrected chi connectivity index (χ4v) is 5.20. The molecule has 5 rings (SSSR count). The lowest BCUT2D eigenvalue weighted by atomic mass is 9.81. The number of imidazole rings is 1. The zero-order valence-electron chi connectivity index (χ0n) is 21.7. The number of carbonyl (C=O) groups is 2. The van der Waals surface area contributed by atoms with Crippen LogP contribution in [0, 0.1) is 18.8 Å². The van der Waals surface area contributed by atoms with Gasteiger partial charge in [-0.15, -0.1) is 0 Å². The van der Waals surface area contributed by atoms with Gasteiger partial charge in [0.15, 0.2) is 5.65 Å². The molecule has 0 aliphatic heterocycles. The molecule has 38 heavy (non-hydrogen) atoms. The maximum atomic E-state index is 13.9. The maximum Gasteiger partial charge on any atom is 0.289 e. The number of fused-ring (bicyclic) bond motifs is 1. The number of nitrogens with one attached hydrogen (secondary N) is 2. The maximum absolute atomic E-state index is 13.9. The number of aromatic nitrogens is 5. The monoisotopic (exact) mass is 525 g/mol. The van der Waals surface area contributed by atoms with Crippen molar-refractivity contribution in [2.45, 2.75) is 83.2 Å². The van der Waals surface area contributed by atoms with E-state index >= 15 is 0 Å². The first kappa shape index (κ1) is 26.1. The third kappa shape index (κ3) is 5.97. The minimum atomic E-state index is -2.69. The number of amides is 2. The van der Waals surface area contributed by atoms with Gasteiger partial charge in [0, 0.05) is 31.2 Å². The number of hydrogen-bond acceptors (Lipinski definition) is 6. The normalized spacial score (nSPS) is 19.2. The summed E-state index contributed by atoms with van der Waals surface area (Å²) in [6.45, 7) is 3.74. The van der Waals surface area contributed by atoms with Crippen molar-refractivity contribution in [2.24, 2.45) is 11.8 Å². The van der Waals surface area contributed by atoms with Gasteiger partial charge < -0.3 is 10.6 Å². The quantitative estimate of drug-likeness (QED) is 0.426. The highest BCUT2D eigenvalue weighted by molar-refractivity contribution is 5.90. The minimum Gasteiger partial charge on any atom is -0.349 e. The molecule has 9 nitrogen and oxygen atoms in total. The highest BCUT2D eigenvalue weighted by atomic mass is 19.3. The summed E-state index contributed by atoms with van der Waals surface area (Å²) in [6, 6.07) is 2.88. The Labute approximate surface area is 219 Å². The third-order valence-electron chi connectivity index (χ3n) is 7.44. The first-order chi connectivity index (χ1) is 18.2. The molecule has 0 spiro atoms. The molecule has 11 heteroatoms. The number of alkyl halides is 2. The van der Waals surface area contributed by atoms with Crippen molar-refractivity contribution in [2.75, 3.05) is 0 Å². The fraction of sp³-hybridized carbons (Fsp3) is 0.556. The van der Waals surface area contributed by atoms with Crippen LogP contribution in [0.1, 0.15) is 97.9 Å². The van der Waals surface area contributed by atoms with E-state index in [-0.39, 0.29) is 49.4 Å². The molecule has 0 saturated heterocycles. The van der Waals surface area contributed by atoms with E-state index in [1.54, 1.807) is 29.9 Å². The van der Waals surface area contributed by atoms with E-state index in [4.69, 9.17) is 4.98 Å². The summed E-state index contributed by atoms with van der Waals surface area (Å²) in [5.74, 6) is -2.98. The van der Waals surface area contributed by atoms with Crippen molar-refractivity contribution < 1.29 is 18.4 Å². The van der Waals surface area contributed by atoms with E-state index in [9.17, 15) is 18.4 Å². The molecule has 0 bridgehead atoms. The van der Waals surface area contributed by atoms with E-state index in [1.807, 2.05) is 13.0 Å². The van der Waals surface area contributed by atoms with Crippen molar-refractivity contribution in [3.63, 3.8) is 0 Å². The first-order valence-corrected chi connectivity index (χ1v) is 13.4. The lowest BCUT2D eigenvalue weighted by molar-refractivity contribution is -0.122. The van der Waals surface area contributed by atoms with Crippen LogP contribution < -0.4 is 10.6 Å². The summed E-state index contributed by atoms with van der Waals surface area (Å²) in [7, 11) is 0. The van der Waals surface area contributed by atoms with Crippen molar-refractivity contribution in [1.82, 2.24) is 35.2 Å². The Morgan fingerprint density at radius 2 is 1.84 bits per heavy atom. The van der Waals surface area contributed by atoms with Crippen LogP contribution in [0.15, 0.2) is 30.7 Å². The van der Waals surface area contributed by atoms with Crippen molar-refractivity contribution >= 4 is 17.5 Å². The lowest BCUT2D eigenvalue weighted by Crippen LogP contribution is -2.38. The Hall–Kier alpha value is -3.50. The molecule has 2 N–H and O–H groups in total. The topological polar surface area (TPSA) is 114 Å². The van der Waals surface area contributed by atoms with E-state index in [0.29, 0.717) is 29.4 Å². The predicted octanol–water partition coefficient (Wildman–Crippen LogP) is 4.49. The lowest BCUT2D eigenvalue weighted by Gasteiger charge is -2.33. The van der Waals surface area contributed by atoms with Crippen LogP contribution in [0.5, 0.6) is 0 Å². The highest BCUT2D eigenvalue weighted by Crippen LogP contribution is 2.42. The molecule has 3 aromatic heterocycles. The Balaban J connectivity index is 1.43. The molecule has 0 radical (unpaired) electrons. The van der Waals surface area contributed by atoms with Crippen LogP contribution in [0.3, 0.4) is 0 Å². The molecule has 202 valence electrons. The molecule has 3 aromatic rings. The highest BCUT2D eigenvalue weighted by Gasteiger charge is 2.40. The molecule has 2 aliphatic carbocycles. The zero-order valence-corrected chi connectivity index (χ0v) is 21.7. The van der Waals surface area contributed by atoms with Crippen LogP contribution in [-0.2, 0) is 4.79 Å². The second kappa shape index (κ2) is 10.7. The standard InChI is InChI=1S/C27H33F2N7O2/c1-3-4-22(37)34-23(17-5-6-17)19-13-21-33-20(15-36(21)31-14-19)24(18-7-10-27(28,29)11-8-18)35-26(38)25-30-12-9-16(2)32-25/h9,12-15,17-18,23-24H,3-8,10-11H2,1-2H3,(H,34,37)(H,35,38)/t23-,24+/m1/s1. The number of hydrogen-bond donors (Lipinski definition) is 2. The Morgan fingerprint density at radius 1 is 1.11 bits per heavy atom. The molecular weight excluding hydrogens is 492 g/mol. The second-order valence-corrected chi connectivity index (χ2v) is 10.6. The van der Waals surface area contributed by atoms with Crippen molar-refractivity contribution in [3.8, 4) is 0 Å². The third-order valence-corrected chi connectivity index (χ3v) is 7.44. The summed E-state index contributed by atoms with van der Waals surface area (Å²) in [5.41, 5.74) is 2.65. The smallest absolute Gasteiger partial charge is 0.289 e. The fourth-order valence-electron chi connectivity index (χ4n) is 5.20. The van der Waals surface area contributed by atoms with Gasteiger partial charge in [-0.3, -0.25) is 9.59 Å². The van der Waals surface area contributed by atoms with E-state index in [2.05, 4.69) is 25.7 Å². The number of aryl methyl sites for hydroxylation is 1. The number of nitrogens with zero attached hydrogens (tertiary/aromatic N) is 5. The molecule has 2 amide bonds. The molecule has 2 saturated carbocycles. The Bertz CT molecular complexity index is 1310. The summed E-state index contributed by atoms with van der Waals surface area (Å²) in [5, 5.41) is 10.6. The van der Waals surface area contributed by atoms with Gasteiger partial charge in [-0.1, -0.05) is 6.92 Å². The van der Waals surface area contributed by atoms with Gasteiger partial charge in [0.05, 0.1) is 30.2 Å². The summed E-state index contributed by atoms with van der Waals surface area (Å²) in [4.78, 5) is 38.4. The molecule has 0 unspecified atom stereocenters. The molecule has 0 aromatic carbocycles. The Kier molecular flexibility index (Phi) is 7.36. The average molecular weight is 526 g/mol. The zero-order chi connectivity index (χ0) is 26.9. The molecule has 3 heterocycles. The van der Waals surface area contributed by atoms with Crippen molar-refractivity contribution in [3.05, 3.63) is 53.5 Å². The van der Waals surface area contributed by atoms with Crippen LogP contribution >= 0.6 is 0 Å².